The normalized spacial score (nSPS) is 21.7. The SMILES string of the molecule is COCC1(CNC(=O)OC(C)(C)C)CCN(Cc2ccccc2)C1. The Kier molecular flexibility index (Phi) is 6.24. The molecule has 0 bridgehead atoms. The second kappa shape index (κ2) is 7.99. The van der Waals surface area contributed by atoms with Crippen LogP contribution in [0, 0.1) is 5.41 Å². The van der Waals surface area contributed by atoms with Gasteiger partial charge in [-0.05, 0) is 39.3 Å². The molecule has 0 aliphatic carbocycles. The fourth-order valence-electron chi connectivity index (χ4n) is 3.20. The Morgan fingerprint density at radius 1 is 1.29 bits per heavy atom. The van der Waals surface area contributed by atoms with Gasteiger partial charge in [0.15, 0.2) is 0 Å². The number of carbonyl (C=O) groups is 1. The van der Waals surface area contributed by atoms with E-state index in [2.05, 4.69) is 34.5 Å². The van der Waals surface area contributed by atoms with Crippen LogP contribution in [-0.4, -0.2) is 49.9 Å². The first kappa shape index (κ1) is 18.7. The van der Waals surface area contributed by atoms with Gasteiger partial charge in [-0.15, -0.1) is 0 Å². The molecule has 0 spiro atoms. The number of methoxy groups -OCH3 is 1. The Hall–Kier alpha value is -1.59. The molecule has 1 atom stereocenters. The molecule has 1 saturated heterocycles. The summed E-state index contributed by atoms with van der Waals surface area (Å²) in [5.74, 6) is 0. The van der Waals surface area contributed by atoms with E-state index in [1.54, 1.807) is 7.11 Å². The number of alkyl carbamates (subject to hydrolysis) is 1. The van der Waals surface area contributed by atoms with Crippen molar-refractivity contribution >= 4 is 6.09 Å². The molecule has 2 rings (SSSR count). The van der Waals surface area contributed by atoms with Crippen LogP contribution in [-0.2, 0) is 16.0 Å². The summed E-state index contributed by atoms with van der Waals surface area (Å²) in [7, 11) is 1.72. The average Bonchev–Trinajstić information content (AvgIpc) is 2.88. The lowest BCUT2D eigenvalue weighted by molar-refractivity contribution is 0.0433. The van der Waals surface area contributed by atoms with Crippen LogP contribution in [0.15, 0.2) is 30.3 Å². The zero-order valence-corrected chi connectivity index (χ0v) is 15.3. The zero-order chi connectivity index (χ0) is 17.6. The Morgan fingerprint density at radius 3 is 2.62 bits per heavy atom. The highest BCUT2D eigenvalue weighted by atomic mass is 16.6. The van der Waals surface area contributed by atoms with Crippen LogP contribution in [0.1, 0.15) is 32.8 Å². The van der Waals surface area contributed by atoms with Gasteiger partial charge in [-0.25, -0.2) is 4.79 Å². The van der Waals surface area contributed by atoms with Gasteiger partial charge in [-0.3, -0.25) is 4.90 Å². The van der Waals surface area contributed by atoms with Crippen LogP contribution in [0.25, 0.3) is 0 Å². The van der Waals surface area contributed by atoms with Crippen LogP contribution < -0.4 is 5.32 Å². The van der Waals surface area contributed by atoms with Crippen molar-refractivity contribution in [1.29, 1.82) is 0 Å². The van der Waals surface area contributed by atoms with Crippen LogP contribution in [0.4, 0.5) is 4.79 Å². The van der Waals surface area contributed by atoms with Crippen molar-refractivity contribution in [3.8, 4) is 0 Å². The van der Waals surface area contributed by atoms with E-state index in [0.29, 0.717) is 13.2 Å². The molecule has 1 amide bonds. The molecule has 1 aromatic carbocycles. The molecule has 1 aliphatic heterocycles. The first-order valence-corrected chi connectivity index (χ1v) is 8.54. The van der Waals surface area contributed by atoms with Gasteiger partial charge in [0.1, 0.15) is 5.60 Å². The van der Waals surface area contributed by atoms with Gasteiger partial charge >= 0.3 is 6.09 Å². The monoisotopic (exact) mass is 334 g/mol. The fraction of sp³-hybridized carbons (Fsp3) is 0.632. The molecule has 1 fully saturated rings. The fourth-order valence-corrected chi connectivity index (χ4v) is 3.20. The van der Waals surface area contributed by atoms with Gasteiger partial charge in [0.25, 0.3) is 0 Å². The van der Waals surface area contributed by atoms with Crippen molar-refractivity contribution in [2.24, 2.45) is 5.41 Å². The Bertz CT molecular complexity index is 527. The number of benzene rings is 1. The predicted octanol–water partition coefficient (Wildman–Crippen LogP) is 3.05. The summed E-state index contributed by atoms with van der Waals surface area (Å²) in [6.45, 7) is 9.66. The second-order valence-corrected chi connectivity index (χ2v) is 7.73. The average molecular weight is 334 g/mol. The molecule has 1 unspecified atom stereocenters. The van der Waals surface area contributed by atoms with Gasteiger partial charge in [0.05, 0.1) is 6.61 Å². The highest BCUT2D eigenvalue weighted by molar-refractivity contribution is 5.67. The lowest BCUT2D eigenvalue weighted by Crippen LogP contribution is -2.44. The maximum atomic E-state index is 11.9. The number of rotatable bonds is 6. The van der Waals surface area contributed by atoms with Gasteiger partial charge in [0.2, 0.25) is 0 Å². The minimum Gasteiger partial charge on any atom is -0.444 e. The summed E-state index contributed by atoms with van der Waals surface area (Å²) >= 11 is 0. The van der Waals surface area contributed by atoms with Crippen LogP contribution >= 0.6 is 0 Å². The third-order valence-electron chi connectivity index (χ3n) is 4.22. The van der Waals surface area contributed by atoms with E-state index in [-0.39, 0.29) is 11.5 Å². The number of ether oxygens (including phenoxy) is 2. The highest BCUT2D eigenvalue weighted by Gasteiger charge is 2.38. The summed E-state index contributed by atoms with van der Waals surface area (Å²) in [5, 5.41) is 2.92. The van der Waals surface area contributed by atoms with E-state index in [0.717, 1.165) is 26.1 Å². The zero-order valence-electron chi connectivity index (χ0n) is 15.3. The van der Waals surface area contributed by atoms with Crippen LogP contribution in [0.5, 0.6) is 0 Å². The Balaban J connectivity index is 1.90. The Morgan fingerprint density at radius 2 is 2.00 bits per heavy atom. The summed E-state index contributed by atoms with van der Waals surface area (Å²) in [5.41, 5.74) is 0.777. The number of hydrogen-bond donors (Lipinski definition) is 1. The van der Waals surface area contributed by atoms with Crippen molar-refractivity contribution in [3.05, 3.63) is 35.9 Å². The maximum Gasteiger partial charge on any atom is 0.407 e. The third-order valence-corrected chi connectivity index (χ3v) is 4.22. The lowest BCUT2D eigenvalue weighted by atomic mass is 9.88. The summed E-state index contributed by atoms with van der Waals surface area (Å²) < 4.78 is 10.8. The standard InChI is InChI=1S/C19H30N2O3/c1-18(2,3)24-17(22)20-13-19(15-23-4)10-11-21(14-19)12-16-8-6-5-7-9-16/h5-9H,10-15H2,1-4H3,(H,20,22). The predicted molar refractivity (Wildman–Crippen MR) is 94.9 cm³/mol. The first-order chi connectivity index (χ1) is 11.3. The van der Waals surface area contributed by atoms with Gasteiger partial charge in [0, 0.05) is 32.2 Å². The molecule has 0 aromatic heterocycles. The van der Waals surface area contributed by atoms with Crippen molar-refractivity contribution in [1.82, 2.24) is 10.2 Å². The van der Waals surface area contributed by atoms with Crippen molar-refractivity contribution in [2.75, 3.05) is 33.4 Å². The molecule has 5 nitrogen and oxygen atoms in total. The molecule has 1 N–H and O–H groups in total. The molecular weight excluding hydrogens is 304 g/mol. The topological polar surface area (TPSA) is 50.8 Å². The number of hydrogen-bond acceptors (Lipinski definition) is 4. The smallest absolute Gasteiger partial charge is 0.407 e. The summed E-state index contributed by atoms with van der Waals surface area (Å²) in [6.07, 6.45) is 0.642. The van der Waals surface area contributed by atoms with E-state index >= 15 is 0 Å². The highest BCUT2D eigenvalue weighted by Crippen LogP contribution is 2.31. The minimum absolute atomic E-state index is 0.0551. The van der Waals surface area contributed by atoms with Crippen molar-refractivity contribution in [2.45, 2.75) is 39.3 Å². The quantitative estimate of drug-likeness (QED) is 0.869. The van der Waals surface area contributed by atoms with E-state index in [1.165, 1.54) is 5.56 Å². The van der Waals surface area contributed by atoms with Gasteiger partial charge in [-0.2, -0.15) is 0 Å². The van der Waals surface area contributed by atoms with E-state index < -0.39 is 5.60 Å². The molecule has 1 aromatic rings. The largest absolute Gasteiger partial charge is 0.444 e. The molecule has 134 valence electrons. The van der Waals surface area contributed by atoms with E-state index in [9.17, 15) is 4.79 Å². The van der Waals surface area contributed by atoms with E-state index in [4.69, 9.17) is 9.47 Å². The molecule has 0 saturated carbocycles. The summed E-state index contributed by atoms with van der Waals surface area (Å²) in [6, 6.07) is 10.5. The van der Waals surface area contributed by atoms with Gasteiger partial charge in [-0.1, -0.05) is 30.3 Å². The first-order valence-electron chi connectivity index (χ1n) is 8.54. The number of nitrogens with zero attached hydrogens (tertiary/aromatic N) is 1. The second-order valence-electron chi connectivity index (χ2n) is 7.73. The lowest BCUT2D eigenvalue weighted by Gasteiger charge is -2.29. The number of carbonyl (C=O) groups excluding carboxylic acids is 1. The van der Waals surface area contributed by atoms with Gasteiger partial charge < -0.3 is 14.8 Å². The number of amides is 1. The van der Waals surface area contributed by atoms with Crippen molar-refractivity contribution < 1.29 is 14.3 Å². The Labute approximate surface area is 145 Å². The molecule has 24 heavy (non-hydrogen) atoms. The number of likely N-dealkylation sites (tertiary alicyclic amines) is 1. The molecular formula is C19H30N2O3. The number of nitrogens with one attached hydrogen (secondary N) is 1. The van der Waals surface area contributed by atoms with Crippen LogP contribution in [0.2, 0.25) is 0 Å². The minimum atomic E-state index is -0.479. The molecule has 1 aliphatic rings. The van der Waals surface area contributed by atoms with E-state index in [1.807, 2.05) is 26.8 Å². The summed E-state index contributed by atoms with van der Waals surface area (Å²) in [4.78, 5) is 14.4. The van der Waals surface area contributed by atoms with Crippen LogP contribution in [0.3, 0.4) is 0 Å². The molecule has 5 heteroatoms. The maximum absolute atomic E-state index is 11.9. The molecule has 0 radical (unpaired) electrons. The third kappa shape index (κ3) is 5.80. The molecule has 1 heterocycles. The van der Waals surface area contributed by atoms with Crippen molar-refractivity contribution in [3.63, 3.8) is 0 Å².